The van der Waals surface area contributed by atoms with Crippen molar-refractivity contribution in [1.29, 1.82) is 0 Å². The molecule has 0 radical (unpaired) electrons. The highest BCUT2D eigenvalue weighted by molar-refractivity contribution is 5.89. The van der Waals surface area contributed by atoms with Crippen molar-refractivity contribution in [3.63, 3.8) is 0 Å². The fourth-order valence-electron chi connectivity index (χ4n) is 2.58. The summed E-state index contributed by atoms with van der Waals surface area (Å²) < 4.78 is 5.27. The molecule has 0 unspecified atom stereocenters. The molecular formula is C18H20N4O. The predicted octanol–water partition coefficient (Wildman–Crippen LogP) is 2.99. The van der Waals surface area contributed by atoms with Gasteiger partial charge in [-0.25, -0.2) is 9.97 Å². The van der Waals surface area contributed by atoms with Crippen LogP contribution in [0.3, 0.4) is 0 Å². The summed E-state index contributed by atoms with van der Waals surface area (Å²) in [5, 5.41) is 1.06. The van der Waals surface area contributed by atoms with Crippen LogP contribution in [0.15, 0.2) is 49.1 Å². The number of aryl methyl sites for hydroxylation is 1. The van der Waals surface area contributed by atoms with Crippen molar-refractivity contribution in [1.82, 2.24) is 15.0 Å². The zero-order valence-corrected chi connectivity index (χ0v) is 13.4. The van der Waals surface area contributed by atoms with Crippen molar-refractivity contribution in [3.8, 4) is 0 Å². The van der Waals surface area contributed by atoms with Gasteiger partial charge in [-0.15, -0.1) is 0 Å². The number of rotatable bonds is 6. The Morgan fingerprint density at radius 2 is 2.09 bits per heavy atom. The monoisotopic (exact) mass is 308 g/mol. The molecule has 0 aliphatic carbocycles. The summed E-state index contributed by atoms with van der Waals surface area (Å²) in [6, 6.07) is 10.3. The zero-order valence-electron chi connectivity index (χ0n) is 13.4. The first-order chi connectivity index (χ1) is 11.3. The topological polar surface area (TPSA) is 51.1 Å². The molecule has 5 nitrogen and oxygen atoms in total. The van der Waals surface area contributed by atoms with Crippen LogP contribution in [0.1, 0.15) is 11.1 Å². The second-order valence-electron chi connectivity index (χ2n) is 5.49. The van der Waals surface area contributed by atoms with Crippen molar-refractivity contribution >= 4 is 16.7 Å². The fraction of sp³-hybridized carbons (Fsp3) is 0.278. The molecule has 0 N–H and O–H groups in total. The molecule has 0 spiro atoms. The fourth-order valence-corrected chi connectivity index (χ4v) is 2.58. The molecule has 0 atom stereocenters. The van der Waals surface area contributed by atoms with E-state index in [2.05, 4.69) is 45.0 Å². The smallest absolute Gasteiger partial charge is 0.140 e. The van der Waals surface area contributed by atoms with Crippen LogP contribution in [-0.4, -0.2) is 35.2 Å². The predicted molar refractivity (Wildman–Crippen MR) is 91.4 cm³/mol. The standard InChI is InChI=1S/C18H20N4O/c1-14-5-6-17-16(10-14)18(21-13-20-17)22(8-9-23-2)12-15-4-3-7-19-11-15/h3-7,10-11,13H,8-9,12H2,1-2H3. The van der Waals surface area contributed by atoms with Gasteiger partial charge in [-0.05, 0) is 30.7 Å². The molecule has 118 valence electrons. The minimum atomic E-state index is 0.636. The van der Waals surface area contributed by atoms with E-state index < -0.39 is 0 Å². The van der Waals surface area contributed by atoms with Gasteiger partial charge in [-0.2, -0.15) is 0 Å². The lowest BCUT2D eigenvalue weighted by molar-refractivity contribution is 0.205. The van der Waals surface area contributed by atoms with E-state index >= 15 is 0 Å². The Bertz CT molecular complexity index is 776. The number of hydrogen-bond donors (Lipinski definition) is 0. The van der Waals surface area contributed by atoms with Gasteiger partial charge < -0.3 is 9.64 Å². The number of ether oxygens (including phenoxy) is 1. The van der Waals surface area contributed by atoms with Gasteiger partial charge in [0.25, 0.3) is 0 Å². The molecule has 0 bridgehead atoms. The quantitative estimate of drug-likeness (QED) is 0.700. The number of benzene rings is 1. The SMILES string of the molecule is COCCN(Cc1cccnc1)c1ncnc2ccc(C)cc12. The maximum Gasteiger partial charge on any atom is 0.140 e. The van der Waals surface area contributed by atoms with Gasteiger partial charge in [0.15, 0.2) is 0 Å². The van der Waals surface area contributed by atoms with Crippen LogP contribution < -0.4 is 4.90 Å². The van der Waals surface area contributed by atoms with Crippen LogP contribution in [0.4, 0.5) is 5.82 Å². The lowest BCUT2D eigenvalue weighted by atomic mass is 10.1. The molecule has 2 heterocycles. The summed E-state index contributed by atoms with van der Waals surface area (Å²) >= 11 is 0. The van der Waals surface area contributed by atoms with Crippen molar-refractivity contribution in [2.24, 2.45) is 0 Å². The summed E-state index contributed by atoms with van der Waals surface area (Å²) in [7, 11) is 1.71. The summed E-state index contributed by atoms with van der Waals surface area (Å²) in [6.07, 6.45) is 5.29. The Morgan fingerprint density at radius 1 is 1.17 bits per heavy atom. The zero-order chi connectivity index (χ0) is 16.1. The summed E-state index contributed by atoms with van der Waals surface area (Å²) in [5.74, 6) is 0.930. The average molecular weight is 308 g/mol. The van der Waals surface area contributed by atoms with Gasteiger partial charge in [0.2, 0.25) is 0 Å². The number of hydrogen-bond acceptors (Lipinski definition) is 5. The van der Waals surface area contributed by atoms with Gasteiger partial charge in [0, 0.05) is 38.0 Å². The van der Waals surface area contributed by atoms with Crippen LogP contribution in [-0.2, 0) is 11.3 Å². The van der Waals surface area contributed by atoms with Crippen LogP contribution in [0, 0.1) is 6.92 Å². The van der Waals surface area contributed by atoms with E-state index in [0.717, 1.165) is 35.4 Å². The highest BCUT2D eigenvalue weighted by atomic mass is 16.5. The molecule has 0 aliphatic rings. The molecule has 0 saturated carbocycles. The van der Waals surface area contributed by atoms with Crippen LogP contribution in [0.5, 0.6) is 0 Å². The van der Waals surface area contributed by atoms with Crippen molar-refractivity contribution in [3.05, 3.63) is 60.2 Å². The molecule has 3 aromatic rings. The molecule has 0 amide bonds. The molecule has 0 saturated heterocycles. The van der Waals surface area contributed by atoms with E-state index in [0.29, 0.717) is 6.61 Å². The third-order valence-corrected chi connectivity index (χ3v) is 3.73. The van der Waals surface area contributed by atoms with E-state index in [1.807, 2.05) is 18.3 Å². The molecule has 23 heavy (non-hydrogen) atoms. The molecule has 2 aromatic heterocycles. The van der Waals surface area contributed by atoms with Gasteiger partial charge in [0.1, 0.15) is 12.1 Å². The minimum absolute atomic E-state index is 0.636. The molecule has 1 aromatic carbocycles. The number of fused-ring (bicyclic) bond motifs is 1. The van der Waals surface area contributed by atoms with Gasteiger partial charge in [-0.1, -0.05) is 17.7 Å². The molecule has 0 aliphatic heterocycles. The Kier molecular flexibility index (Phi) is 4.78. The van der Waals surface area contributed by atoms with Gasteiger partial charge >= 0.3 is 0 Å². The number of methoxy groups -OCH3 is 1. The summed E-state index contributed by atoms with van der Waals surface area (Å²) in [5.41, 5.74) is 3.29. The molecule has 3 rings (SSSR count). The second kappa shape index (κ2) is 7.15. The number of pyridine rings is 1. The first-order valence-electron chi connectivity index (χ1n) is 7.62. The van der Waals surface area contributed by atoms with Crippen LogP contribution in [0.2, 0.25) is 0 Å². The van der Waals surface area contributed by atoms with E-state index in [1.54, 1.807) is 19.6 Å². The second-order valence-corrected chi connectivity index (χ2v) is 5.49. The van der Waals surface area contributed by atoms with E-state index in [4.69, 9.17) is 4.74 Å². The van der Waals surface area contributed by atoms with Crippen LogP contribution in [0.25, 0.3) is 10.9 Å². The van der Waals surface area contributed by atoms with E-state index in [9.17, 15) is 0 Å². The van der Waals surface area contributed by atoms with Crippen molar-refractivity contribution < 1.29 is 4.74 Å². The third kappa shape index (κ3) is 3.63. The molecular weight excluding hydrogens is 288 g/mol. The average Bonchev–Trinajstić information content (AvgIpc) is 2.59. The van der Waals surface area contributed by atoms with E-state index in [-0.39, 0.29) is 0 Å². The highest BCUT2D eigenvalue weighted by Crippen LogP contribution is 2.25. The molecule has 5 heteroatoms. The van der Waals surface area contributed by atoms with Crippen molar-refractivity contribution in [2.45, 2.75) is 13.5 Å². The number of anilines is 1. The molecule has 0 fully saturated rings. The van der Waals surface area contributed by atoms with Gasteiger partial charge in [0.05, 0.1) is 12.1 Å². The highest BCUT2D eigenvalue weighted by Gasteiger charge is 2.13. The van der Waals surface area contributed by atoms with E-state index in [1.165, 1.54) is 5.56 Å². The normalized spacial score (nSPS) is 10.9. The Morgan fingerprint density at radius 3 is 2.87 bits per heavy atom. The maximum atomic E-state index is 5.27. The van der Waals surface area contributed by atoms with Crippen LogP contribution >= 0.6 is 0 Å². The third-order valence-electron chi connectivity index (χ3n) is 3.73. The maximum absolute atomic E-state index is 5.27. The number of nitrogens with zero attached hydrogens (tertiary/aromatic N) is 4. The summed E-state index contributed by atoms with van der Waals surface area (Å²) in [4.78, 5) is 15.3. The summed E-state index contributed by atoms with van der Waals surface area (Å²) in [6.45, 7) is 4.21. The van der Waals surface area contributed by atoms with Crippen molar-refractivity contribution in [2.75, 3.05) is 25.2 Å². The lowest BCUT2D eigenvalue weighted by Crippen LogP contribution is -2.28. The first kappa shape index (κ1) is 15.4. The lowest BCUT2D eigenvalue weighted by Gasteiger charge is -2.24. The largest absolute Gasteiger partial charge is 0.383 e. The Balaban J connectivity index is 2.00. The minimum Gasteiger partial charge on any atom is -0.383 e. The number of aromatic nitrogens is 3. The Hall–Kier alpha value is -2.53. The first-order valence-corrected chi connectivity index (χ1v) is 7.62. The Labute approximate surface area is 136 Å². The van der Waals surface area contributed by atoms with Gasteiger partial charge in [-0.3, -0.25) is 4.98 Å².